The van der Waals surface area contributed by atoms with Crippen LogP contribution in [0.4, 0.5) is 0 Å². The molecule has 2 radical (unpaired) electrons. The second-order valence-electron chi connectivity index (χ2n) is 8.18. The monoisotopic (exact) mass is 490 g/mol. The summed E-state index contributed by atoms with van der Waals surface area (Å²) < 4.78 is 0. The van der Waals surface area contributed by atoms with Crippen LogP contribution >= 0.6 is 0 Å². The van der Waals surface area contributed by atoms with E-state index in [1.165, 1.54) is 68.8 Å². The standard InChI is InChI=1S/2C13H15.2CH3.Si.Zr/c2*1-10(2)7-11-8-12-5-3-4-6-13(12)9-11;;;;/h2*3-6,8-10H,7H2,1-2H3;2*1H3;;/q4*-1;;. The molecule has 0 unspecified atom stereocenters. The summed E-state index contributed by atoms with van der Waals surface area (Å²) in [5.41, 5.74) is 2.94. The van der Waals surface area contributed by atoms with Crippen molar-refractivity contribution in [2.24, 2.45) is 11.8 Å². The van der Waals surface area contributed by atoms with E-state index >= 15 is 0 Å². The predicted octanol–water partition coefficient (Wildman–Crippen LogP) is 8.03. The van der Waals surface area contributed by atoms with Gasteiger partial charge in [-0.05, 0) is 24.7 Å². The summed E-state index contributed by atoms with van der Waals surface area (Å²) in [7, 11) is 0. The SMILES string of the molecule is CC(C)Cc1cc2ccccc2[cH-]1.CC(C)Cc1cc2ccccc2[cH-]1.[CH3-].[CH3-].[Si]=[Zr]. The predicted molar refractivity (Wildman–Crippen MR) is 135 cm³/mol. The summed E-state index contributed by atoms with van der Waals surface area (Å²) in [5, 5.41) is 5.49. The molecule has 4 rings (SSSR count). The van der Waals surface area contributed by atoms with Crippen molar-refractivity contribution in [3.63, 3.8) is 0 Å². The topological polar surface area (TPSA) is 0 Å². The van der Waals surface area contributed by atoms with E-state index in [0.29, 0.717) is 0 Å². The Balaban J connectivity index is 0.000000488. The van der Waals surface area contributed by atoms with Crippen molar-refractivity contribution in [2.45, 2.75) is 40.5 Å². The first-order chi connectivity index (χ1) is 13.5. The molecule has 0 N–H and O–H groups in total. The fourth-order valence-corrected chi connectivity index (χ4v) is 3.61. The Morgan fingerprint density at radius 1 is 0.667 bits per heavy atom. The molecule has 0 aliphatic heterocycles. The van der Waals surface area contributed by atoms with Gasteiger partial charge in [0.2, 0.25) is 0 Å². The van der Waals surface area contributed by atoms with Crippen LogP contribution < -0.4 is 0 Å². The molecule has 30 heavy (non-hydrogen) atoms. The van der Waals surface area contributed by atoms with Crippen LogP contribution in [0.2, 0.25) is 0 Å². The van der Waals surface area contributed by atoms with Gasteiger partial charge < -0.3 is 14.9 Å². The zero-order valence-electron chi connectivity index (χ0n) is 19.5. The maximum atomic E-state index is 3.06. The molecule has 2 heteroatoms. The minimum atomic E-state index is 0. The number of fused-ring (bicyclic) bond motifs is 2. The Morgan fingerprint density at radius 3 is 1.30 bits per heavy atom. The van der Waals surface area contributed by atoms with Gasteiger partial charge in [-0.1, -0.05) is 39.8 Å². The van der Waals surface area contributed by atoms with Crippen molar-refractivity contribution in [1.82, 2.24) is 0 Å². The van der Waals surface area contributed by atoms with Crippen molar-refractivity contribution in [1.29, 1.82) is 0 Å². The first-order valence-corrected chi connectivity index (χ1v) is 14.2. The van der Waals surface area contributed by atoms with E-state index in [4.69, 9.17) is 0 Å². The van der Waals surface area contributed by atoms with Crippen LogP contribution in [0.15, 0.2) is 72.8 Å². The zero-order valence-corrected chi connectivity index (χ0v) is 23.0. The summed E-state index contributed by atoms with van der Waals surface area (Å²) in [5.74, 6) is 1.49. The third kappa shape index (κ3) is 8.86. The van der Waals surface area contributed by atoms with E-state index in [1.807, 2.05) is 0 Å². The number of rotatable bonds is 4. The van der Waals surface area contributed by atoms with Gasteiger partial charge in [-0.15, -0.1) is 81.2 Å². The van der Waals surface area contributed by atoms with E-state index in [1.54, 1.807) is 0 Å². The molecule has 0 aliphatic carbocycles. The van der Waals surface area contributed by atoms with Crippen molar-refractivity contribution in [2.75, 3.05) is 0 Å². The minimum absolute atomic E-state index is 0. The fraction of sp³-hybridized carbons (Fsp3) is 0.286. The van der Waals surface area contributed by atoms with Crippen molar-refractivity contribution >= 4 is 28.4 Å². The van der Waals surface area contributed by atoms with Crippen molar-refractivity contribution in [3.8, 4) is 0 Å². The van der Waals surface area contributed by atoms with Gasteiger partial charge in [-0.2, -0.15) is 12.1 Å². The molecule has 0 heterocycles. The van der Waals surface area contributed by atoms with Crippen LogP contribution in [0.3, 0.4) is 0 Å². The van der Waals surface area contributed by atoms with E-state index in [0.717, 1.165) is 11.8 Å². The van der Waals surface area contributed by atoms with Crippen LogP contribution in [-0.4, -0.2) is 6.88 Å². The molecular formula is C28H36SiZr-4. The van der Waals surface area contributed by atoms with Gasteiger partial charge in [0, 0.05) is 0 Å². The molecule has 0 bridgehead atoms. The van der Waals surface area contributed by atoms with Crippen molar-refractivity contribution < 1.29 is 23.3 Å². The molecule has 0 atom stereocenters. The van der Waals surface area contributed by atoms with Gasteiger partial charge in [-0.3, -0.25) is 0 Å². The number of benzene rings is 2. The molecule has 0 nitrogen and oxygen atoms in total. The third-order valence-corrected chi connectivity index (χ3v) is 4.64. The second-order valence-corrected chi connectivity index (χ2v) is 8.18. The molecule has 4 aromatic rings. The first kappa shape index (κ1) is 28.8. The molecule has 0 aromatic heterocycles. The molecule has 0 saturated carbocycles. The van der Waals surface area contributed by atoms with Gasteiger partial charge in [0.15, 0.2) is 0 Å². The molecule has 0 amide bonds. The van der Waals surface area contributed by atoms with E-state index in [-0.39, 0.29) is 14.9 Å². The fourth-order valence-electron chi connectivity index (χ4n) is 3.61. The molecule has 0 saturated heterocycles. The van der Waals surface area contributed by atoms with Gasteiger partial charge in [0.25, 0.3) is 0 Å². The van der Waals surface area contributed by atoms with E-state index in [9.17, 15) is 0 Å². The molecular weight excluding hydrogens is 456 g/mol. The summed E-state index contributed by atoms with van der Waals surface area (Å²) in [6, 6.07) is 26.3. The zero-order chi connectivity index (χ0) is 20.5. The Morgan fingerprint density at radius 2 is 1.00 bits per heavy atom. The van der Waals surface area contributed by atoms with Gasteiger partial charge >= 0.3 is 30.2 Å². The van der Waals surface area contributed by atoms with Crippen molar-refractivity contribution in [3.05, 3.63) is 98.8 Å². The van der Waals surface area contributed by atoms with E-state index < -0.39 is 0 Å². The Bertz CT molecular complexity index is 828. The summed E-state index contributed by atoms with van der Waals surface area (Å²) >= 11 is 1.36. The third-order valence-electron chi connectivity index (χ3n) is 4.64. The van der Waals surface area contributed by atoms with Gasteiger partial charge in [0.1, 0.15) is 0 Å². The molecule has 4 aromatic carbocycles. The maximum absolute atomic E-state index is 3.06. The average molecular weight is 492 g/mol. The van der Waals surface area contributed by atoms with Crippen LogP contribution in [0.1, 0.15) is 38.8 Å². The summed E-state index contributed by atoms with van der Waals surface area (Å²) in [6.45, 7) is 12.1. The Kier molecular flexibility index (Phi) is 14.1. The normalized spacial score (nSPS) is 9.90. The second kappa shape index (κ2) is 14.7. The molecule has 0 spiro atoms. The van der Waals surface area contributed by atoms with Crippen LogP contribution in [0, 0.1) is 26.7 Å². The Hall–Kier alpha value is -1.24. The first-order valence-electron chi connectivity index (χ1n) is 10.0. The molecule has 0 aliphatic rings. The van der Waals surface area contributed by atoms with Crippen LogP contribution in [0.5, 0.6) is 0 Å². The van der Waals surface area contributed by atoms with Gasteiger partial charge in [-0.25, -0.2) is 0 Å². The Labute approximate surface area is 202 Å². The summed E-state index contributed by atoms with van der Waals surface area (Å²) in [4.78, 5) is 0. The number of hydrogen-bond donors (Lipinski definition) is 0. The number of hydrogen-bond acceptors (Lipinski definition) is 0. The summed E-state index contributed by atoms with van der Waals surface area (Å²) in [6.07, 6.45) is 2.38. The average Bonchev–Trinajstić information content (AvgIpc) is 3.25. The van der Waals surface area contributed by atoms with Crippen LogP contribution in [-0.2, 0) is 36.2 Å². The van der Waals surface area contributed by atoms with Crippen LogP contribution in [0.25, 0.3) is 21.5 Å². The quantitative estimate of drug-likeness (QED) is 0.200. The molecule has 0 fully saturated rings. The molecule has 160 valence electrons. The van der Waals surface area contributed by atoms with E-state index in [2.05, 4.69) is 107 Å². The van der Waals surface area contributed by atoms with Gasteiger partial charge in [0.05, 0.1) is 0 Å².